The van der Waals surface area contributed by atoms with E-state index in [1.807, 2.05) is 0 Å². The predicted octanol–water partition coefficient (Wildman–Crippen LogP) is 0.797. The second kappa shape index (κ2) is 3.37. The molecular weight excluding hydrogens is 235 g/mol. The number of hydrogen-bond acceptors (Lipinski definition) is 3. The van der Waals surface area contributed by atoms with Gasteiger partial charge in [-0.25, -0.2) is 8.42 Å². The van der Waals surface area contributed by atoms with Gasteiger partial charge in [0, 0.05) is 12.5 Å². The fraction of sp³-hybridized carbons (Fsp3) is 0.286. The lowest BCUT2D eigenvalue weighted by molar-refractivity contribution is -0.138. The molecule has 4 nitrogen and oxygen atoms in total. The number of halogens is 3. The van der Waals surface area contributed by atoms with Crippen LogP contribution in [0.15, 0.2) is 22.0 Å². The first-order valence-electron chi connectivity index (χ1n) is 3.62. The molecule has 0 bridgehead atoms. The number of alkyl halides is 3. The first-order valence-corrected chi connectivity index (χ1v) is 5.51. The molecule has 0 aliphatic rings. The molecule has 84 valence electrons. The quantitative estimate of drug-likeness (QED) is 0.790. The average molecular weight is 241 g/mol. The standard InChI is InChI=1S/C7H6F3NO3S/c1-15(13,14)5-2-4(7(8,9)10)3-11-6(5)12/h2-3H,1H3,(H,11,12). The summed E-state index contributed by atoms with van der Waals surface area (Å²) in [5.41, 5.74) is -2.27. The molecule has 1 aromatic rings. The van der Waals surface area contributed by atoms with Crippen molar-refractivity contribution in [2.75, 3.05) is 6.26 Å². The highest BCUT2D eigenvalue weighted by atomic mass is 32.2. The third kappa shape index (κ3) is 2.58. The van der Waals surface area contributed by atoms with Crippen LogP contribution in [0, 0.1) is 0 Å². The molecule has 0 aliphatic heterocycles. The molecule has 8 heteroatoms. The zero-order valence-corrected chi connectivity index (χ0v) is 8.24. The Kier molecular flexibility index (Phi) is 2.64. The van der Waals surface area contributed by atoms with Gasteiger partial charge in [-0.2, -0.15) is 13.2 Å². The van der Waals surface area contributed by atoms with E-state index in [4.69, 9.17) is 0 Å². The van der Waals surface area contributed by atoms with Crippen molar-refractivity contribution in [3.05, 3.63) is 28.2 Å². The van der Waals surface area contributed by atoms with Gasteiger partial charge in [0.15, 0.2) is 9.84 Å². The van der Waals surface area contributed by atoms with Crippen LogP contribution in [0.5, 0.6) is 0 Å². The fourth-order valence-electron chi connectivity index (χ4n) is 0.902. The number of nitrogens with one attached hydrogen (secondary N) is 1. The minimum atomic E-state index is -4.69. The summed E-state index contributed by atoms with van der Waals surface area (Å²) in [4.78, 5) is 11.8. The molecule has 0 saturated carbocycles. The number of aromatic nitrogens is 1. The number of aromatic amines is 1. The van der Waals surface area contributed by atoms with E-state index in [0.29, 0.717) is 18.5 Å². The number of sulfone groups is 1. The molecule has 0 fully saturated rings. The lowest BCUT2D eigenvalue weighted by Crippen LogP contribution is -2.19. The van der Waals surface area contributed by atoms with Crippen LogP contribution in [0.2, 0.25) is 0 Å². The molecule has 1 N–H and O–H groups in total. The molecule has 0 aromatic carbocycles. The maximum atomic E-state index is 12.2. The van der Waals surface area contributed by atoms with Crippen LogP contribution in [-0.4, -0.2) is 19.7 Å². The van der Waals surface area contributed by atoms with Gasteiger partial charge >= 0.3 is 6.18 Å². The second-order valence-corrected chi connectivity index (χ2v) is 4.84. The van der Waals surface area contributed by atoms with Crippen LogP contribution in [0.1, 0.15) is 5.56 Å². The minimum absolute atomic E-state index is 0.314. The lowest BCUT2D eigenvalue weighted by atomic mass is 10.3. The molecule has 0 saturated heterocycles. The van der Waals surface area contributed by atoms with Gasteiger partial charge in [-0.3, -0.25) is 4.79 Å². The lowest BCUT2D eigenvalue weighted by Gasteiger charge is -2.06. The Balaban J connectivity index is 3.50. The van der Waals surface area contributed by atoms with E-state index in [9.17, 15) is 26.4 Å². The molecular formula is C7H6F3NO3S. The minimum Gasteiger partial charge on any atom is -0.327 e. The Hall–Kier alpha value is -1.31. The Bertz CT molecular complexity index is 529. The number of rotatable bonds is 1. The zero-order chi connectivity index (χ0) is 11.9. The van der Waals surface area contributed by atoms with Crippen molar-refractivity contribution in [1.82, 2.24) is 4.98 Å². The number of H-pyrrole nitrogens is 1. The Labute approximate surface area is 82.7 Å². The summed E-state index contributed by atoms with van der Waals surface area (Å²) in [6, 6.07) is 0.314. The van der Waals surface area contributed by atoms with Gasteiger partial charge in [-0.1, -0.05) is 0 Å². The second-order valence-electron chi connectivity index (χ2n) is 2.85. The molecule has 0 spiro atoms. The fourth-order valence-corrected chi connectivity index (χ4v) is 1.64. The molecule has 15 heavy (non-hydrogen) atoms. The van der Waals surface area contributed by atoms with Gasteiger partial charge in [0.1, 0.15) is 4.90 Å². The third-order valence-corrected chi connectivity index (χ3v) is 2.70. The van der Waals surface area contributed by atoms with Crippen LogP contribution in [0.4, 0.5) is 13.2 Å². The smallest absolute Gasteiger partial charge is 0.327 e. The monoisotopic (exact) mass is 241 g/mol. The van der Waals surface area contributed by atoms with Crippen LogP contribution < -0.4 is 5.56 Å². The highest BCUT2D eigenvalue weighted by molar-refractivity contribution is 7.90. The van der Waals surface area contributed by atoms with Crippen molar-refractivity contribution in [3.8, 4) is 0 Å². The van der Waals surface area contributed by atoms with E-state index in [-0.39, 0.29) is 0 Å². The molecule has 0 amide bonds. The molecule has 1 rings (SSSR count). The van der Waals surface area contributed by atoms with E-state index >= 15 is 0 Å². The highest BCUT2D eigenvalue weighted by Gasteiger charge is 2.32. The molecule has 1 heterocycles. The van der Waals surface area contributed by atoms with E-state index in [1.165, 1.54) is 0 Å². The Morgan fingerprint density at radius 3 is 2.27 bits per heavy atom. The van der Waals surface area contributed by atoms with Gasteiger partial charge in [0.25, 0.3) is 5.56 Å². The van der Waals surface area contributed by atoms with Gasteiger partial charge in [0.2, 0.25) is 0 Å². The molecule has 1 aromatic heterocycles. The van der Waals surface area contributed by atoms with Crippen LogP contribution in [0.25, 0.3) is 0 Å². The van der Waals surface area contributed by atoms with Crippen LogP contribution >= 0.6 is 0 Å². The highest BCUT2D eigenvalue weighted by Crippen LogP contribution is 2.28. The van der Waals surface area contributed by atoms with E-state index in [2.05, 4.69) is 0 Å². The van der Waals surface area contributed by atoms with E-state index in [0.717, 1.165) is 0 Å². The van der Waals surface area contributed by atoms with Gasteiger partial charge in [-0.15, -0.1) is 0 Å². The van der Waals surface area contributed by atoms with E-state index in [1.54, 1.807) is 4.98 Å². The first-order chi connectivity index (χ1) is 6.62. The van der Waals surface area contributed by atoms with Crippen LogP contribution in [0.3, 0.4) is 0 Å². The van der Waals surface area contributed by atoms with Crippen molar-refractivity contribution >= 4 is 9.84 Å². The summed E-state index contributed by atoms with van der Waals surface area (Å²) in [6.07, 6.45) is -3.60. The maximum Gasteiger partial charge on any atom is 0.417 e. The largest absolute Gasteiger partial charge is 0.417 e. The summed E-state index contributed by atoms with van der Waals surface area (Å²) in [6.45, 7) is 0. The summed E-state index contributed by atoms with van der Waals surface area (Å²) in [5.74, 6) is 0. The summed E-state index contributed by atoms with van der Waals surface area (Å²) in [7, 11) is -3.96. The summed E-state index contributed by atoms with van der Waals surface area (Å²) < 4.78 is 58.4. The average Bonchev–Trinajstić information content (AvgIpc) is 2.00. The number of hydrogen-bond donors (Lipinski definition) is 1. The Morgan fingerprint density at radius 2 is 1.87 bits per heavy atom. The van der Waals surface area contributed by atoms with Crippen molar-refractivity contribution < 1.29 is 21.6 Å². The van der Waals surface area contributed by atoms with Crippen molar-refractivity contribution in [3.63, 3.8) is 0 Å². The topological polar surface area (TPSA) is 67.0 Å². The first kappa shape index (κ1) is 11.8. The number of pyridine rings is 1. The Morgan fingerprint density at radius 1 is 1.33 bits per heavy atom. The SMILES string of the molecule is CS(=O)(=O)c1cc(C(F)(F)F)c[nH]c1=O. The summed E-state index contributed by atoms with van der Waals surface area (Å²) >= 11 is 0. The molecule has 0 unspecified atom stereocenters. The van der Waals surface area contributed by atoms with Gasteiger partial charge < -0.3 is 4.98 Å². The van der Waals surface area contributed by atoms with Gasteiger partial charge in [-0.05, 0) is 6.07 Å². The molecule has 0 radical (unpaired) electrons. The van der Waals surface area contributed by atoms with Crippen LogP contribution in [-0.2, 0) is 16.0 Å². The summed E-state index contributed by atoms with van der Waals surface area (Å²) in [5, 5.41) is 0. The van der Waals surface area contributed by atoms with Gasteiger partial charge in [0.05, 0.1) is 5.56 Å². The molecule has 0 atom stereocenters. The zero-order valence-electron chi connectivity index (χ0n) is 7.42. The van der Waals surface area contributed by atoms with E-state index < -0.39 is 32.0 Å². The van der Waals surface area contributed by atoms with Crippen molar-refractivity contribution in [1.29, 1.82) is 0 Å². The normalized spacial score (nSPS) is 12.8. The van der Waals surface area contributed by atoms with Crippen molar-refractivity contribution in [2.45, 2.75) is 11.1 Å². The van der Waals surface area contributed by atoms with Crippen molar-refractivity contribution in [2.24, 2.45) is 0 Å². The molecule has 0 aliphatic carbocycles. The third-order valence-electron chi connectivity index (χ3n) is 1.60. The predicted molar refractivity (Wildman–Crippen MR) is 45.2 cm³/mol. The maximum absolute atomic E-state index is 12.2.